The first-order chi connectivity index (χ1) is 7.60. The van der Waals surface area contributed by atoms with Crippen LogP contribution in [0.1, 0.15) is 33.1 Å². The summed E-state index contributed by atoms with van der Waals surface area (Å²) in [6.07, 6.45) is 4.06. The standard InChI is InChI=1S/C12H26N4/c1-12(2,10-15-11(13-3)14-4)16-8-6-5-7-9-16/h5-10H2,1-4H3,(H2,13,14,15). The van der Waals surface area contributed by atoms with Crippen LogP contribution in [0.3, 0.4) is 0 Å². The lowest BCUT2D eigenvalue weighted by molar-refractivity contribution is 0.0982. The van der Waals surface area contributed by atoms with Crippen LogP contribution in [0.2, 0.25) is 0 Å². The van der Waals surface area contributed by atoms with E-state index in [-0.39, 0.29) is 5.54 Å². The van der Waals surface area contributed by atoms with Crippen molar-refractivity contribution in [2.45, 2.75) is 38.6 Å². The molecule has 1 heterocycles. The van der Waals surface area contributed by atoms with E-state index in [1.54, 1.807) is 7.05 Å². The minimum absolute atomic E-state index is 0.202. The van der Waals surface area contributed by atoms with Crippen LogP contribution in [0.4, 0.5) is 0 Å². The van der Waals surface area contributed by atoms with Gasteiger partial charge in [0.2, 0.25) is 0 Å². The fourth-order valence-electron chi connectivity index (χ4n) is 2.19. The Labute approximate surface area is 99.5 Å². The number of aliphatic imine (C=N–C) groups is 1. The van der Waals surface area contributed by atoms with Gasteiger partial charge in [-0.05, 0) is 39.8 Å². The van der Waals surface area contributed by atoms with Crippen LogP contribution >= 0.6 is 0 Å². The molecule has 0 aromatic rings. The number of hydrogen-bond acceptors (Lipinski definition) is 2. The van der Waals surface area contributed by atoms with E-state index in [0.29, 0.717) is 0 Å². The summed E-state index contributed by atoms with van der Waals surface area (Å²) in [5, 5.41) is 6.40. The van der Waals surface area contributed by atoms with Crippen LogP contribution in [0.15, 0.2) is 4.99 Å². The topological polar surface area (TPSA) is 39.7 Å². The normalized spacial score (nSPS) is 19.6. The van der Waals surface area contributed by atoms with Crippen LogP contribution in [0.5, 0.6) is 0 Å². The molecule has 0 saturated carbocycles. The molecule has 1 fully saturated rings. The molecule has 0 amide bonds. The summed E-state index contributed by atoms with van der Waals surface area (Å²) in [6, 6.07) is 0. The van der Waals surface area contributed by atoms with Gasteiger partial charge in [0.05, 0.1) is 0 Å². The van der Waals surface area contributed by atoms with Crippen LogP contribution in [0.25, 0.3) is 0 Å². The highest BCUT2D eigenvalue weighted by atomic mass is 15.2. The highest BCUT2D eigenvalue weighted by Crippen LogP contribution is 2.19. The number of nitrogens with one attached hydrogen (secondary N) is 2. The van der Waals surface area contributed by atoms with Crippen molar-refractivity contribution in [3.8, 4) is 0 Å². The Hall–Kier alpha value is -0.770. The second-order valence-electron chi connectivity index (χ2n) is 5.04. The van der Waals surface area contributed by atoms with Gasteiger partial charge in [0, 0.05) is 26.2 Å². The third-order valence-electron chi connectivity index (χ3n) is 3.36. The first kappa shape index (κ1) is 13.3. The number of likely N-dealkylation sites (tertiary alicyclic amines) is 1. The fraction of sp³-hybridized carbons (Fsp3) is 0.917. The van der Waals surface area contributed by atoms with Crippen LogP contribution in [-0.4, -0.2) is 50.1 Å². The largest absolute Gasteiger partial charge is 0.359 e. The van der Waals surface area contributed by atoms with Gasteiger partial charge in [0.25, 0.3) is 0 Å². The van der Waals surface area contributed by atoms with Crippen molar-refractivity contribution in [2.75, 3.05) is 33.7 Å². The first-order valence-corrected chi connectivity index (χ1v) is 6.23. The summed E-state index contributed by atoms with van der Waals surface area (Å²) >= 11 is 0. The van der Waals surface area contributed by atoms with Crippen LogP contribution in [-0.2, 0) is 0 Å². The lowest BCUT2D eigenvalue weighted by Gasteiger charge is -2.41. The van der Waals surface area contributed by atoms with Crippen molar-refractivity contribution < 1.29 is 0 Å². The third kappa shape index (κ3) is 3.67. The molecule has 1 rings (SSSR count). The fourth-order valence-corrected chi connectivity index (χ4v) is 2.19. The van der Waals surface area contributed by atoms with Gasteiger partial charge in [0.1, 0.15) is 0 Å². The molecule has 16 heavy (non-hydrogen) atoms. The zero-order chi connectivity index (χ0) is 12.0. The average molecular weight is 226 g/mol. The van der Waals surface area contributed by atoms with E-state index < -0.39 is 0 Å². The summed E-state index contributed by atoms with van der Waals surface area (Å²) in [4.78, 5) is 6.71. The Bertz CT molecular complexity index is 229. The smallest absolute Gasteiger partial charge is 0.190 e. The minimum atomic E-state index is 0.202. The molecule has 0 aromatic carbocycles. The quantitative estimate of drug-likeness (QED) is 0.558. The predicted molar refractivity (Wildman–Crippen MR) is 69.9 cm³/mol. The Morgan fingerprint density at radius 2 is 1.88 bits per heavy atom. The Kier molecular flexibility index (Phi) is 5.06. The predicted octanol–water partition coefficient (Wildman–Crippen LogP) is 1.05. The van der Waals surface area contributed by atoms with Crippen LogP contribution in [0, 0.1) is 0 Å². The SMILES string of the molecule is CN=C(NC)NCC(C)(C)N1CCCCC1. The van der Waals surface area contributed by atoms with Gasteiger partial charge in [-0.15, -0.1) is 0 Å². The van der Waals surface area contributed by atoms with E-state index in [4.69, 9.17) is 0 Å². The molecule has 94 valence electrons. The van der Waals surface area contributed by atoms with Crippen molar-refractivity contribution in [2.24, 2.45) is 4.99 Å². The van der Waals surface area contributed by atoms with Crippen molar-refractivity contribution in [1.82, 2.24) is 15.5 Å². The molecule has 1 aliphatic rings. The van der Waals surface area contributed by atoms with Gasteiger partial charge in [-0.2, -0.15) is 0 Å². The molecule has 0 aliphatic carbocycles. The highest BCUT2D eigenvalue weighted by Gasteiger charge is 2.27. The summed E-state index contributed by atoms with van der Waals surface area (Å²) in [6.45, 7) is 7.99. The maximum absolute atomic E-state index is 4.13. The Morgan fingerprint density at radius 1 is 1.25 bits per heavy atom. The molecular weight excluding hydrogens is 200 g/mol. The molecule has 0 bridgehead atoms. The summed E-state index contributed by atoms with van der Waals surface area (Å²) in [5.41, 5.74) is 0.202. The van der Waals surface area contributed by atoms with Gasteiger partial charge in [-0.1, -0.05) is 6.42 Å². The Balaban J connectivity index is 2.43. The first-order valence-electron chi connectivity index (χ1n) is 6.23. The lowest BCUT2D eigenvalue weighted by Crippen LogP contribution is -2.54. The van der Waals surface area contributed by atoms with E-state index in [2.05, 4.69) is 34.4 Å². The second kappa shape index (κ2) is 6.09. The van der Waals surface area contributed by atoms with Crippen molar-refractivity contribution in [3.63, 3.8) is 0 Å². The summed E-state index contributed by atoms with van der Waals surface area (Å²) in [7, 11) is 3.69. The van der Waals surface area contributed by atoms with Crippen molar-refractivity contribution in [3.05, 3.63) is 0 Å². The molecule has 2 N–H and O–H groups in total. The maximum Gasteiger partial charge on any atom is 0.190 e. The second-order valence-corrected chi connectivity index (χ2v) is 5.04. The molecular formula is C12H26N4. The van der Waals surface area contributed by atoms with Crippen molar-refractivity contribution >= 4 is 5.96 Å². The molecule has 4 nitrogen and oxygen atoms in total. The van der Waals surface area contributed by atoms with Gasteiger partial charge >= 0.3 is 0 Å². The van der Waals surface area contributed by atoms with E-state index in [0.717, 1.165) is 12.5 Å². The number of nitrogens with zero attached hydrogens (tertiary/aromatic N) is 2. The third-order valence-corrected chi connectivity index (χ3v) is 3.36. The molecule has 0 spiro atoms. The van der Waals surface area contributed by atoms with Crippen molar-refractivity contribution in [1.29, 1.82) is 0 Å². The number of hydrogen-bond donors (Lipinski definition) is 2. The van der Waals surface area contributed by atoms with Gasteiger partial charge in [-0.3, -0.25) is 9.89 Å². The molecule has 0 atom stereocenters. The lowest BCUT2D eigenvalue weighted by atomic mass is 9.98. The van der Waals surface area contributed by atoms with E-state index in [1.807, 2.05) is 7.05 Å². The zero-order valence-corrected chi connectivity index (χ0v) is 11.1. The van der Waals surface area contributed by atoms with Crippen LogP contribution < -0.4 is 10.6 Å². The average Bonchev–Trinajstić information content (AvgIpc) is 2.31. The monoisotopic (exact) mass is 226 g/mol. The molecule has 0 aromatic heterocycles. The van der Waals surface area contributed by atoms with E-state index in [1.165, 1.54) is 32.4 Å². The number of guanidine groups is 1. The molecule has 0 unspecified atom stereocenters. The summed E-state index contributed by atoms with van der Waals surface area (Å²) < 4.78 is 0. The maximum atomic E-state index is 4.13. The van der Waals surface area contributed by atoms with E-state index >= 15 is 0 Å². The van der Waals surface area contributed by atoms with E-state index in [9.17, 15) is 0 Å². The molecule has 0 radical (unpaired) electrons. The molecule has 1 aliphatic heterocycles. The minimum Gasteiger partial charge on any atom is -0.359 e. The van der Waals surface area contributed by atoms with Gasteiger partial charge < -0.3 is 10.6 Å². The zero-order valence-electron chi connectivity index (χ0n) is 11.1. The van der Waals surface area contributed by atoms with Gasteiger partial charge in [0.15, 0.2) is 5.96 Å². The highest BCUT2D eigenvalue weighted by molar-refractivity contribution is 5.79. The van der Waals surface area contributed by atoms with Gasteiger partial charge in [-0.25, -0.2) is 0 Å². The number of rotatable bonds is 3. The molecule has 1 saturated heterocycles. The summed E-state index contributed by atoms with van der Waals surface area (Å²) in [5.74, 6) is 0.866. The molecule has 4 heteroatoms. The number of piperidine rings is 1. The Morgan fingerprint density at radius 3 is 2.38 bits per heavy atom.